The van der Waals surface area contributed by atoms with Crippen LogP contribution in [-0.4, -0.2) is 49.3 Å². The van der Waals surface area contributed by atoms with Crippen molar-refractivity contribution in [2.24, 2.45) is 0 Å². The number of aryl methyl sites for hydroxylation is 2. The van der Waals surface area contributed by atoms with E-state index < -0.39 is 0 Å². The molecule has 2 aromatic rings. The molecule has 2 N–H and O–H groups in total. The first-order chi connectivity index (χ1) is 11.6. The third-order valence-corrected chi connectivity index (χ3v) is 5.03. The molecule has 2 heterocycles. The SMILES string of the molecule is COCCNC(=O)N1CCC(c2[nH]c3ccc(C)cc3c2C)CC1. The molecule has 1 aliphatic heterocycles. The summed E-state index contributed by atoms with van der Waals surface area (Å²) in [5.41, 5.74) is 5.21. The van der Waals surface area contributed by atoms with Crippen molar-refractivity contribution < 1.29 is 9.53 Å². The van der Waals surface area contributed by atoms with Crippen molar-refractivity contribution in [3.63, 3.8) is 0 Å². The Labute approximate surface area is 143 Å². The van der Waals surface area contributed by atoms with Gasteiger partial charge in [0.25, 0.3) is 0 Å². The number of aromatic nitrogens is 1. The highest BCUT2D eigenvalue weighted by Crippen LogP contribution is 2.33. The van der Waals surface area contributed by atoms with Gasteiger partial charge in [0.1, 0.15) is 0 Å². The zero-order valence-corrected chi connectivity index (χ0v) is 14.8. The van der Waals surface area contributed by atoms with Gasteiger partial charge in [-0.25, -0.2) is 4.79 Å². The Balaban J connectivity index is 1.64. The number of carbonyl (C=O) groups excluding carboxylic acids is 1. The van der Waals surface area contributed by atoms with Crippen LogP contribution >= 0.6 is 0 Å². The van der Waals surface area contributed by atoms with Crippen LogP contribution < -0.4 is 5.32 Å². The van der Waals surface area contributed by atoms with Gasteiger partial charge in [-0.05, 0) is 44.4 Å². The molecule has 5 nitrogen and oxygen atoms in total. The summed E-state index contributed by atoms with van der Waals surface area (Å²) >= 11 is 0. The number of urea groups is 1. The summed E-state index contributed by atoms with van der Waals surface area (Å²) in [6.45, 7) is 7.06. The monoisotopic (exact) mass is 329 g/mol. The van der Waals surface area contributed by atoms with Crippen molar-refractivity contribution in [1.29, 1.82) is 0 Å². The second-order valence-electron chi connectivity index (χ2n) is 6.70. The Bertz CT molecular complexity index is 715. The number of nitrogens with one attached hydrogen (secondary N) is 2. The molecule has 0 bridgehead atoms. The molecule has 1 aliphatic rings. The molecule has 0 saturated carbocycles. The van der Waals surface area contributed by atoms with Gasteiger partial charge >= 0.3 is 6.03 Å². The van der Waals surface area contributed by atoms with E-state index in [4.69, 9.17) is 4.74 Å². The summed E-state index contributed by atoms with van der Waals surface area (Å²) in [6, 6.07) is 6.59. The van der Waals surface area contributed by atoms with E-state index in [2.05, 4.69) is 42.3 Å². The summed E-state index contributed by atoms with van der Waals surface area (Å²) in [5.74, 6) is 0.501. The molecule has 2 amide bonds. The number of hydrogen-bond acceptors (Lipinski definition) is 2. The van der Waals surface area contributed by atoms with Crippen LogP contribution in [0.5, 0.6) is 0 Å². The molecule has 0 atom stereocenters. The standard InChI is InChI=1S/C19H27N3O2/c1-13-4-5-17-16(12-13)14(2)18(21-17)15-6-9-22(10-7-15)19(23)20-8-11-24-3/h4-5,12,15,21H,6-11H2,1-3H3,(H,20,23). The van der Waals surface area contributed by atoms with Gasteiger partial charge in [-0.3, -0.25) is 0 Å². The summed E-state index contributed by atoms with van der Waals surface area (Å²) < 4.78 is 4.97. The predicted octanol–water partition coefficient (Wildman–Crippen LogP) is 3.32. The van der Waals surface area contributed by atoms with E-state index in [0.29, 0.717) is 19.1 Å². The first-order valence-electron chi connectivity index (χ1n) is 8.70. The van der Waals surface area contributed by atoms with E-state index in [1.807, 2.05) is 4.90 Å². The van der Waals surface area contributed by atoms with E-state index >= 15 is 0 Å². The van der Waals surface area contributed by atoms with E-state index in [-0.39, 0.29) is 6.03 Å². The quantitative estimate of drug-likeness (QED) is 0.846. The van der Waals surface area contributed by atoms with Gasteiger partial charge in [0, 0.05) is 49.3 Å². The number of H-pyrrole nitrogens is 1. The molecule has 1 fully saturated rings. The van der Waals surface area contributed by atoms with Crippen LogP contribution in [0, 0.1) is 13.8 Å². The number of benzene rings is 1. The number of likely N-dealkylation sites (tertiary alicyclic amines) is 1. The number of amides is 2. The number of piperidine rings is 1. The zero-order chi connectivity index (χ0) is 17.1. The Morgan fingerprint density at radius 3 is 2.79 bits per heavy atom. The Morgan fingerprint density at radius 2 is 2.08 bits per heavy atom. The molecule has 24 heavy (non-hydrogen) atoms. The summed E-state index contributed by atoms with van der Waals surface area (Å²) in [5, 5.41) is 4.23. The molecule has 3 rings (SSSR count). The van der Waals surface area contributed by atoms with Gasteiger partial charge in [0.2, 0.25) is 0 Å². The van der Waals surface area contributed by atoms with Gasteiger partial charge in [0.05, 0.1) is 6.61 Å². The van der Waals surface area contributed by atoms with Gasteiger partial charge in [0.15, 0.2) is 0 Å². The molecular weight excluding hydrogens is 302 g/mol. The molecule has 0 aliphatic carbocycles. The summed E-state index contributed by atoms with van der Waals surface area (Å²) in [4.78, 5) is 17.6. The maximum absolute atomic E-state index is 12.1. The average molecular weight is 329 g/mol. The molecule has 1 aromatic heterocycles. The highest BCUT2D eigenvalue weighted by molar-refractivity contribution is 5.85. The van der Waals surface area contributed by atoms with Crippen LogP contribution in [0.1, 0.15) is 35.6 Å². The Kier molecular flexibility index (Phi) is 5.09. The highest BCUT2D eigenvalue weighted by atomic mass is 16.5. The number of aromatic amines is 1. The third-order valence-electron chi connectivity index (χ3n) is 5.03. The minimum absolute atomic E-state index is 0.0227. The van der Waals surface area contributed by atoms with Crippen molar-refractivity contribution in [2.45, 2.75) is 32.6 Å². The fourth-order valence-corrected chi connectivity index (χ4v) is 3.61. The first kappa shape index (κ1) is 16.8. The lowest BCUT2D eigenvalue weighted by Crippen LogP contribution is -2.45. The molecule has 0 unspecified atom stereocenters. The zero-order valence-electron chi connectivity index (χ0n) is 14.8. The summed E-state index contributed by atoms with van der Waals surface area (Å²) in [6.07, 6.45) is 2.01. The third kappa shape index (κ3) is 3.41. The van der Waals surface area contributed by atoms with E-state index in [0.717, 1.165) is 25.9 Å². The average Bonchev–Trinajstić information content (AvgIpc) is 2.92. The number of hydrogen-bond donors (Lipinski definition) is 2. The van der Waals surface area contributed by atoms with Crippen LogP contribution in [-0.2, 0) is 4.74 Å². The second-order valence-corrected chi connectivity index (χ2v) is 6.70. The number of nitrogens with zero attached hydrogens (tertiary/aromatic N) is 1. The number of carbonyl (C=O) groups is 1. The molecule has 1 saturated heterocycles. The van der Waals surface area contributed by atoms with Crippen LogP contribution in [0.4, 0.5) is 4.79 Å². The van der Waals surface area contributed by atoms with Crippen molar-refractivity contribution in [2.75, 3.05) is 33.4 Å². The maximum atomic E-state index is 12.1. The minimum Gasteiger partial charge on any atom is -0.383 e. The fraction of sp³-hybridized carbons (Fsp3) is 0.526. The predicted molar refractivity (Wildman–Crippen MR) is 96.6 cm³/mol. The van der Waals surface area contributed by atoms with E-state index in [1.54, 1.807) is 7.11 Å². The molecule has 130 valence electrons. The normalized spacial score (nSPS) is 15.9. The lowest BCUT2D eigenvalue weighted by Gasteiger charge is -2.32. The van der Waals surface area contributed by atoms with Crippen molar-refractivity contribution in [1.82, 2.24) is 15.2 Å². The smallest absolute Gasteiger partial charge is 0.317 e. The van der Waals surface area contributed by atoms with Gasteiger partial charge in [-0.1, -0.05) is 11.6 Å². The van der Waals surface area contributed by atoms with E-state index in [9.17, 15) is 4.79 Å². The maximum Gasteiger partial charge on any atom is 0.317 e. The molecular formula is C19H27N3O2. The van der Waals surface area contributed by atoms with Crippen LogP contribution in [0.2, 0.25) is 0 Å². The number of methoxy groups -OCH3 is 1. The first-order valence-corrected chi connectivity index (χ1v) is 8.70. The topological polar surface area (TPSA) is 57.4 Å². The van der Waals surface area contributed by atoms with Crippen molar-refractivity contribution >= 4 is 16.9 Å². The largest absolute Gasteiger partial charge is 0.383 e. The van der Waals surface area contributed by atoms with E-state index in [1.165, 1.54) is 27.7 Å². The minimum atomic E-state index is 0.0227. The molecule has 5 heteroatoms. The molecule has 0 spiro atoms. The second kappa shape index (κ2) is 7.26. The van der Waals surface area contributed by atoms with Gasteiger partial charge in [-0.15, -0.1) is 0 Å². The summed E-state index contributed by atoms with van der Waals surface area (Å²) in [7, 11) is 1.64. The van der Waals surface area contributed by atoms with Gasteiger partial charge in [-0.2, -0.15) is 0 Å². The number of fused-ring (bicyclic) bond motifs is 1. The molecule has 0 radical (unpaired) electrons. The lowest BCUT2D eigenvalue weighted by atomic mass is 9.91. The Hall–Kier alpha value is -2.01. The molecule has 1 aromatic carbocycles. The van der Waals surface area contributed by atoms with Crippen molar-refractivity contribution in [3.05, 3.63) is 35.0 Å². The van der Waals surface area contributed by atoms with Crippen LogP contribution in [0.15, 0.2) is 18.2 Å². The number of rotatable bonds is 4. The van der Waals surface area contributed by atoms with Gasteiger partial charge < -0.3 is 19.9 Å². The van der Waals surface area contributed by atoms with Crippen molar-refractivity contribution in [3.8, 4) is 0 Å². The highest BCUT2D eigenvalue weighted by Gasteiger charge is 2.26. The Morgan fingerprint density at radius 1 is 1.33 bits per heavy atom. The fourth-order valence-electron chi connectivity index (χ4n) is 3.61. The lowest BCUT2D eigenvalue weighted by molar-refractivity contribution is 0.169. The van der Waals surface area contributed by atoms with Crippen LogP contribution in [0.3, 0.4) is 0 Å². The van der Waals surface area contributed by atoms with Crippen LogP contribution in [0.25, 0.3) is 10.9 Å². The number of ether oxygens (including phenoxy) is 1.